The van der Waals surface area contributed by atoms with E-state index in [1.807, 2.05) is 69.3 Å². The maximum Gasteiger partial charge on any atom is 0.339 e. The molecular formula is C22H22N2O3. The molecule has 0 saturated heterocycles. The third kappa shape index (κ3) is 4.31. The molecule has 1 atom stereocenters. The van der Waals surface area contributed by atoms with Crippen LogP contribution in [0.2, 0.25) is 0 Å². The number of para-hydroxylation sites is 1. The molecule has 1 amide bonds. The molecule has 1 unspecified atom stereocenters. The number of benzene rings is 2. The molecule has 0 spiro atoms. The molecule has 138 valence electrons. The van der Waals surface area contributed by atoms with Gasteiger partial charge in [-0.15, -0.1) is 0 Å². The molecule has 27 heavy (non-hydrogen) atoms. The number of carbonyl (C=O) groups is 2. The van der Waals surface area contributed by atoms with Gasteiger partial charge in [0.05, 0.1) is 17.1 Å². The largest absolute Gasteiger partial charge is 0.452 e. The van der Waals surface area contributed by atoms with Crippen LogP contribution in [0.3, 0.4) is 0 Å². The summed E-state index contributed by atoms with van der Waals surface area (Å²) in [4.78, 5) is 29.1. The van der Waals surface area contributed by atoms with E-state index in [4.69, 9.17) is 4.74 Å². The number of rotatable bonds is 5. The Kier molecular flexibility index (Phi) is 5.50. The Morgan fingerprint density at radius 2 is 1.78 bits per heavy atom. The molecule has 0 aliphatic rings. The van der Waals surface area contributed by atoms with Gasteiger partial charge in [0.1, 0.15) is 0 Å². The van der Waals surface area contributed by atoms with Crippen molar-refractivity contribution < 1.29 is 14.3 Å². The Morgan fingerprint density at radius 3 is 2.56 bits per heavy atom. The molecule has 3 aromatic rings. The molecule has 1 heterocycles. The predicted octanol–water partition coefficient (Wildman–Crippen LogP) is 3.89. The highest BCUT2D eigenvalue weighted by atomic mass is 16.5. The minimum Gasteiger partial charge on any atom is -0.452 e. The number of nitrogens with zero attached hydrogens (tertiary/aromatic N) is 1. The van der Waals surface area contributed by atoms with Crippen molar-refractivity contribution in [1.82, 2.24) is 10.3 Å². The van der Waals surface area contributed by atoms with Gasteiger partial charge >= 0.3 is 5.97 Å². The van der Waals surface area contributed by atoms with Crippen LogP contribution in [-0.4, -0.2) is 23.5 Å². The second-order valence-corrected chi connectivity index (χ2v) is 6.55. The quantitative estimate of drug-likeness (QED) is 0.699. The fourth-order valence-electron chi connectivity index (χ4n) is 3.12. The molecule has 0 saturated carbocycles. The standard InChI is InChI=1S/C22H22N2O3/c1-14-8-4-5-9-17(14)16(3)24-21(25)13-27-22(26)19-12-15(2)23-20-11-7-6-10-18(19)20/h4-12,16H,13H2,1-3H3,(H,24,25). The van der Waals surface area contributed by atoms with Crippen molar-refractivity contribution in [3.05, 3.63) is 77.0 Å². The van der Waals surface area contributed by atoms with Gasteiger partial charge in [-0.25, -0.2) is 4.79 Å². The van der Waals surface area contributed by atoms with Crippen LogP contribution in [0.4, 0.5) is 0 Å². The number of pyridine rings is 1. The molecule has 1 aromatic heterocycles. The summed E-state index contributed by atoms with van der Waals surface area (Å²) in [5, 5.41) is 3.57. The Hall–Kier alpha value is -3.21. The zero-order valence-corrected chi connectivity index (χ0v) is 15.7. The Labute approximate surface area is 158 Å². The minimum atomic E-state index is -0.532. The number of hydrogen-bond acceptors (Lipinski definition) is 4. The highest BCUT2D eigenvalue weighted by molar-refractivity contribution is 6.04. The van der Waals surface area contributed by atoms with Crippen molar-refractivity contribution in [2.75, 3.05) is 6.61 Å². The van der Waals surface area contributed by atoms with Crippen LogP contribution < -0.4 is 5.32 Å². The van der Waals surface area contributed by atoms with Crippen molar-refractivity contribution in [2.24, 2.45) is 0 Å². The second-order valence-electron chi connectivity index (χ2n) is 6.55. The monoisotopic (exact) mass is 362 g/mol. The third-order valence-corrected chi connectivity index (χ3v) is 4.43. The summed E-state index contributed by atoms with van der Waals surface area (Å²) in [5.41, 5.74) is 3.99. The van der Waals surface area contributed by atoms with Crippen LogP contribution in [-0.2, 0) is 9.53 Å². The minimum absolute atomic E-state index is 0.165. The third-order valence-electron chi connectivity index (χ3n) is 4.43. The number of fused-ring (bicyclic) bond motifs is 1. The molecule has 5 heteroatoms. The lowest BCUT2D eigenvalue weighted by Crippen LogP contribution is -2.31. The Morgan fingerprint density at radius 1 is 1.07 bits per heavy atom. The summed E-state index contributed by atoms with van der Waals surface area (Å²) >= 11 is 0. The van der Waals surface area contributed by atoms with Crippen molar-refractivity contribution in [1.29, 1.82) is 0 Å². The first-order valence-corrected chi connectivity index (χ1v) is 8.84. The normalized spacial score (nSPS) is 11.8. The van der Waals surface area contributed by atoms with E-state index >= 15 is 0 Å². The highest BCUT2D eigenvalue weighted by Gasteiger charge is 2.16. The zero-order chi connectivity index (χ0) is 19.4. The zero-order valence-electron chi connectivity index (χ0n) is 15.7. The summed E-state index contributed by atoms with van der Waals surface area (Å²) in [6.07, 6.45) is 0. The maximum absolute atomic E-state index is 12.5. The molecule has 3 rings (SSSR count). The summed E-state index contributed by atoms with van der Waals surface area (Å²) in [6.45, 7) is 5.39. The van der Waals surface area contributed by atoms with Crippen molar-refractivity contribution in [3.63, 3.8) is 0 Å². The molecule has 5 nitrogen and oxygen atoms in total. The van der Waals surface area contributed by atoms with E-state index in [2.05, 4.69) is 10.3 Å². The molecule has 0 fully saturated rings. The van der Waals surface area contributed by atoms with Crippen LogP contribution >= 0.6 is 0 Å². The fraction of sp³-hybridized carbons (Fsp3) is 0.227. The number of aromatic nitrogens is 1. The fourth-order valence-corrected chi connectivity index (χ4v) is 3.12. The van der Waals surface area contributed by atoms with Crippen LogP contribution in [0, 0.1) is 13.8 Å². The van der Waals surface area contributed by atoms with Crippen molar-refractivity contribution in [2.45, 2.75) is 26.8 Å². The van der Waals surface area contributed by atoms with Gasteiger partial charge in [-0.05, 0) is 44.0 Å². The van der Waals surface area contributed by atoms with E-state index in [-0.39, 0.29) is 18.6 Å². The molecule has 2 aromatic carbocycles. The molecule has 0 radical (unpaired) electrons. The average Bonchev–Trinajstić information content (AvgIpc) is 2.65. The van der Waals surface area contributed by atoms with Crippen LogP contribution in [0.1, 0.15) is 40.1 Å². The molecule has 1 N–H and O–H groups in total. The van der Waals surface area contributed by atoms with Gasteiger partial charge in [-0.3, -0.25) is 9.78 Å². The Balaban J connectivity index is 1.66. The highest BCUT2D eigenvalue weighted by Crippen LogP contribution is 2.19. The average molecular weight is 362 g/mol. The summed E-state index contributed by atoms with van der Waals surface area (Å²) < 4.78 is 5.24. The lowest BCUT2D eigenvalue weighted by atomic mass is 10.0. The van der Waals surface area contributed by atoms with Gasteiger partial charge < -0.3 is 10.1 Å². The number of aryl methyl sites for hydroxylation is 2. The molecule has 0 aliphatic carbocycles. The van der Waals surface area contributed by atoms with E-state index in [1.165, 1.54) is 0 Å². The van der Waals surface area contributed by atoms with Gasteiger partial charge in [-0.2, -0.15) is 0 Å². The summed E-state index contributed by atoms with van der Waals surface area (Å²) in [6, 6.07) is 16.7. The topological polar surface area (TPSA) is 68.3 Å². The number of carbonyl (C=O) groups excluding carboxylic acids is 2. The van der Waals surface area contributed by atoms with E-state index in [1.54, 1.807) is 6.07 Å². The lowest BCUT2D eigenvalue weighted by Gasteiger charge is -2.16. The number of nitrogens with one attached hydrogen (secondary N) is 1. The number of ether oxygens (including phenoxy) is 1. The van der Waals surface area contributed by atoms with Gasteiger partial charge in [-0.1, -0.05) is 42.5 Å². The van der Waals surface area contributed by atoms with Gasteiger partial charge in [0.25, 0.3) is 5.91 Å². The van der Waals surface area contributed by atoms with E-state index in [0.717, 1.165) is 22.3 Å². The lowest BCUT2D eigenvalue weighted by molar-refractivity contribution is -0.124. The predicted molar refractivity (Wildman–Crippen MR) is 104 cm³/mol. The van der Waals surface area contributed by atoms with E-state index in [0.29, 0.717) is 10.9 Å². The van der Waals surface area contributed by atoms with Crippen molar-refractivity contribution in [3.8, 4) is 0 Å². The summed E-state index contributed by atoms with van der Waals surface area (Å²) in [7, 11) is 0. The number of hydrogen-bond donors (Lipinski definition) is 1. The molecular weight excluding hydrogens is 340 g/mol. The Bertz CT molecular complexity index is 998. The second kappa shape index (κ2) is 7.99. The molecule has 0 bridgehead atoms. The maximum atomic E-state index is 12.5. The van der Waals surface area contributed by atoms with Crippen LogP contribution in [0.5, 0.6) is 0 Å². The van der Waals surface area contributed by atoms with Gasteiger partial charge in [0.15, 0.2) is 6.61 Å². The molecule has 0 aliphatic heterocycles. The number of amides is 1. The van der Waals surface area contributed by atoms with Crippen LogP contribution in [0.25, 0.3) is 10.9 Å². The van der Waals surface area contributed by atoms with E-state index < -0.39 is 5.97 Å². The first-order valence-electron chi connectivity index (χ1n) is 8.84. The van der Waals surface area contributed by atoms with Gasteiger partial charge in [0.2, 0.25) is 0 Å². The smallest absolute Gasteiger partial charge is 0.339 e. The van der Waals surface area contributed by atoms with Crippen molar-refractivity contribution >= 4 is 22.8 Å². The van der Waals surface area contributed by atoms with E-state index in [9.17, 15) is 9.59 Å². The summed E-state index contributed by atoms with van der Waals surface area (Å²) in [5.74, 6) is -0.871. The van der Waals surface area contributed by atoms with Gasteiger partial charge in [0, 0.05) is 11.1 Å². The van der Waals surface area contributed by atoms with Crippen LogP contribution in [0.15, 0.2) is 54.6 Å². The first kappa shape index (κ1) is 18.6. The number of esters is 1. The first-order chi connectivity index (χ1) is 13.0. The SMILES string of the molecule is Cc1cc(C(=O)OCC(=O)NC(C)c2ccccc2C)c2ccccc2n1.